The number of hydrogen-bond acceptors (Lipinski definition) is 3. The lowest BCUT2D eigenvalue weighted by atomic mass is 9.91. The third kappa shape index (κ3) is 2.53. The van der Waals surface area contributed by atoms with Crippen LogP contribution in [0.25, 0.3) is 0 Å². The highest BCUT2D eigenvalue weighted by Gasteiger charge is 2.27. The highest BCUT2D eigenvalue weighted by molar-refractivity contribution is 5.84. The fraction of sp³-hybridized carbons (Fsp3) is 0.500. The second kappa shape index (κ2) is 5.48. The quantitative estimate of drug-likeness (QED) is 0.838. The van der Waals surface area contributed by atoms with Crippen LogP contribution in [0.1, 0.15) is 36.0 Å². The van der Waals surface area contributed by atoms with Crippen molar-refractivity contribution in [3.05, 3.63) is 29.6 Å². The van der Waals surface area contributed by atoms with Crippen molar-refractivity contribution in [2.75, 3.05) is 11.9 Å². The van der Waals surface area contributed by atoms with Crippen molar-refractivity contribution in [1.29, 1.82) is 0 Å². The van der Waals surface area contributed by atoms with Crippen LogP contribution in [0.3, 0.4) is 0 Å². The molecule has 1 aromatic carbocycles. The summed E-state index contributed by atoms with van der Waals surface area (Å²) in [6.45, 7) is 0. The molecule has 2 atom stereocenters. The highest BCUT2D eigenvalue weighted by atomic mass is 19.1. The Kier molecular flexibility index (Phi) is 3.97. The molecule has 1 saturated carbocycles. The Balaban J connectivity index is 2.27. The third-order valence-corrected chi connectivity index (χ3v) is 3.69. The van der Waals surface area contributed by atoms with Crippen LogP contribution >= 0.6 is 0 Å². The fourth-order valence-corrected chi connectivity index (χ4v) is 2.66. The Morgan fingerprint density at radius 1 is 1.39 bits per heavy atom. The number of nitrogens with zero attached hydrogens (tertiary/aromatic N) is 1. The standard InChI is InChI=1S/C14H18FNO2/c1-16(13-4-2-3-5-14(13)18)12-7-6-11(15)8-10(12)9-17/h6-9,13-14,18H,2-5H2,1H3. The first-order valence-corrected chi connectivity index (χ1v) is 6.29. The van der Waals surface area contributed by atoms with E-state index in [2.05, 4.69) is 0 Å². The number of carbonyl (C=O) groups is 1. The van der Waals surface area contributed by atoms with Crippen LogP contribution < -0.4 is 4.90 Å². The Morgan fingerprint density at radius 3 is 2.78 bits per heavy atom. The predicted octanol–water partition coefficient (Wildman–Crippen LogP) is 2.38. The molecular formula is C14H18FNO2. The van der Waals surface area contributed by atoms with Crippen LogP contribution in [0.15, 0.2) is 18.2 Å². The molecule has 2 unspecified atom stereocenters. The van der Waals surface area contributed by atoms with Crippen molar-refractivity contribution in [3.8, 4) is 0 Å². The lowest BCUT2D eigenvalue weighted by Crippen LogP contribution is -2.43. The zero-order chi connectivity index (χ0) is 13.1. The van der Waals surface area contributed by atoms with Gasteiger partial charge in [-0.2, -0.15) is 0 Å². The summed E-state index contributed by atoms with van der Waals surface area (Å²) in [5, 5.41) is 10.0. The summed E-state index contributed by atoms with van der Waals surface area (Å²) in [5.41, 5.74) is 1.01. The Bertz CT molecular complexity index is 436. The average Bonchev–Trinajstić information content (AvgIpc) is 2.38. The van der Waals surface area contributed by atoms with Gasteiger partial charge in [0.25, 0.3) is 0 Å². The molecule has 0 bridgehead atoms. The number of likely N-dealkylation sites (N-methyl/N-ethyl adjacent to an activating group) is 1. The maximum Gasteiger partial charge on any atom is 0.152 e. The average molecular weight is 251 g/mol. The maximum atomic E-state index is 13.1. The van der Waals surface area contributed by atoms with Gasteiger partial charge >= 0.3 is 0 Å². The molecule has 0 amide bonds. The fourth-order valence-electron chi connectivity index (χ4n) is 2.66. The molecule has 0 heterocycles. The summed E-state index contributed by atoms with van der Waals surface area (Å²) in [6, 6.07) is 4.17. The topological polar surface area (TPSA) is 40.5 Å². The van der Waals surface area contributed by atoms with Gasteiger partial charge in [0.15, 0.2) is 6.29 Å². The predicted molar refractivity (Wildman–Crippen MR) is 68.5 cm³/mol. The molecule has 18 heavy (non-hydrogen) atoms. The molecule has 4 heteroatoms. The Morgan fingerprint density at radius 2 is 2.11 bits per heavy atom. The zero-order valence-corrected chi connectivity index (χ0v) is 10.5. The van der Waals surface area contributed by atoms with Crippen LogP contribution in [0.2, 0.25) is 0 Å². The monoisotopic (exact) mass is 251 g/mol. The molecule has 1 fully saturated rings. The van der Waals surface area contributed by atoms with Gasteiger partial charge in [0.2, 0.25) is 0 Å². The van der Waals surface area contributed by atoms with E-state index < -0.39 is 5.82 Å². The van der Waals surface area contributed by atoms with Crippen molar-refractivity contribution >= 4 is 12.0 Å². The first-order chi connectivity index (χ1) is 8.63. The Labute approximate surface area is 106 Å². The Hall–Kier alpha value is -1.42. The summed E-state index contributed by atoms with van der Waals surface area (Å²) in [5.74, 6) is -0.418. The van der Waals surface area contributed by atoms with Crippen LogP contribution in [0, 0.1) is 5.82 Å². The number of aldehydes is 1. The van der Waals surface area contributed by atoms with Gasteiger partial charge in [-0.25, -0.2) is 4.39 Å². The summed E-state index contributed by atoms with van der Waals surface area (Å²) < 4.78 is 13.1. The minimum absolute atomic E-state index is 0.00270. The molecule has 0 spiro atoms. The summed E-state index contributed by atoms with van der Waals surface area (Å²) in [7, 11) is 1.85. The van der Waals surface area contributed by atoms with E-state index in [9.17, 15) is 14.3 Å². The van der Waals surface area contributed by atoms with Crippen molar-refractivity contribution < 1.29 is 14.3 Å². The van der Waals surface area contributed by atoms with Crippen LogP contribution in [-0.4, -0.2) is 30.6 Å². The number of aliphatic hydroxyl groups excluding tert-OH is 1. The van der Waals surface area contributed by atoms with Crippen LogP contribution in [0.4, 0.5) is 10.1 Å². The summed E-state index contributed by atoms with van der Waals surface area (Å²) in [6.07, 6.45) is 4.07. The minimum atomic E-state index is -0.418. The van der Waals surface area contributed by atoms with Crippen LogP contribution in [-0.2, 0) is 0 Å². The molecule has 2 rings (SSSR count). The molecule has 0 saturated heterocycles. The van der Waals surface area contributed by atoms with E-state index in [0.717, 1.165) is 25.7 Å². The number of carbonyl (C=O) groups excluding carboxylic acids is 1. The maximum absolute atomic E-state index is 13.1. The van der Waals surface area contributed by atoms with Gasteiger partial charge in [-0.3, -0.25) is 4.79 Å². The summed E-state index contributed by atoms with van der Waals surface area (Å²) >= 11 is 0. The van der Waals surface area contributed by atoms with Gasteiger partial charge in [-0.1, -0.05) is 12.8 Å². The van der Waals surface area contributed by atoms with E-state index in [0.29, 0.717) is 17.5 Å². The molecule has 1 N–H and O–H groups in total. The van der Waals surface area contributed by atoms with E-state index in [4.69, 9.17) is 0 Å². The van der Waals surface area contributed by atoms with E-state index in [1.54, 1.807) is 6.07 Å². The number of rotatable bonds is 3. The van der Waals surface area contributed by atoms with Crippen molar-refractivity contribution in [1.82, 2.24) is 0 Å². The van der Waals surface area contributed by atoms with E-state index >= 15 is 0 Å². The van der Waals surface area contributed by atoms with Gasteiger partial charge < -0.3 is 10.0 Å². The second-order valence-electron chi connectivity index (χ2n) is 4.85. The van der Waals surface area contributed by atoms with Crippen molar-refractivity contribution in [2.24, 2.45) is 0 Å². The van der Waals surface area contributed by atoms with Crippen LogP contribution in [0.5, 0.6) is 0 Å². The van der Waals surface area contributed by atoms with Gasteiger partial charge in [0, 0.05) is 18.3 Å². The highest BCUT2D eigenvalue weighted by Crippen LogP contribution is 2.28. The minimum Gasteiger partial charge on any atom is -0.391 e. The largest absolute Gasteiger partial charge is 0.391 e. The molecule has 3 nitrogen and oxygen atoms in total. The first-order valence-electron chi connectivity index (χ1n) is 6.29. The second-order valence-corrected chi connectivity index (χ2v) is 4.85. The number of halogens is 1. The van der Waals surface area contributed by atoms with Gasteiger partial charge in [-0.15, -0.1) is 0 Å². The molecule has 1 aliphatic rings. The van der Waals surface area contributed by atoms with Gasteiger partial charge in [0.1, 0.15) is 5.82 Å². The lowest BCUT2D eigenvalue weighted by molar-refractivity contribution is 0.105. The van der Waals surface area contributed by atoms with Gasteiger partial charge in [-0.05, 0) is 31.0 Å². The molecule has 98 valence electrons. The van der Waals surface area contributed by atoms with Gasteiger partial charge in [0.05, 0.1) is 12.1 Å². The smallest absolute Gasteiger partial charge is 0.152 e. The number of hydrogen-bond donors (Lipinski definition) is 1. The first kappa shape index (κ1) is 13.0. The molecule has 0 aliphatic heterocycles. The number of aliphatic hydroxyl groups is 1. The number of benzene rings is 1. The molecule has 0 radical (unpaired) electrons. The number of anilines is 1. The lowest BCUT2D eigenvalue weighted by Gasteiger charge is -2.37. The third-order valence-electron chi connectivity index (χ3n) is 3.69. The molecule has 1 aliphatic carbocycles. The SMILES string of the molecule is CN(c1ccc(F)cc1C=O)C1CCCCC1O. The summed E-state index contributed by atoms with van der Waals surface area (Å²) in [4.78, 5) is 12.9. The molecular weight excluding hydrogens is 233 g/mol. The molecule has 0 aromatic heterocycles. The molecule has 1 aromatic rings. The van der Waals surface area contributed by atoms with E-state index in [-0.39, 0.29) is 12.1 Å². The van der Waals surface area contributed by atoms with Crippen molar-refractivity contribution in [3.63, 3.8) is 0 Å². The van der Waals surface area contributed by atoms with Crippen molar-refractivity contribution in [2.45, 2.75) is 37.8 Å². The normalized spacial score (nSPS) is 23.7. The van der Waals surface area contributed by atoms with E-state index in [1.807, 2.05) is 11.9 Å². The zero-order valence-electron chi connectivity index (χ0n) is 10.5. The van der Waals surface area contributed by atoms with E-state index in [1.165, 1.54) is 12.1 Å².